The molecule has 5 heteroatoms. The minimum absolute atomic E-state index is 0.0749. The van der Waals surface area contributed by atoms with Gasteiger partial charge in [-0.3, -0.25) is 14.6 Å². The maximum atomic E-state index is 12.6. The lowest BCUT2D eigenvalue weighted by Crippen LogP contribution is -2.10. The molecule has 0 radical (unpaired) electrons. The Balaban J connectivity index is 2.10. The number of nitrogens with zero attached hydrogens (tertiary/aromatic N) is 1. The number of rotatable bonds is 4. The number of hydrogen-bond donors (Lipinski definition) is 0. The van der Waals surface area contributed by atoms with Gasteiger partial charge in [-0.1, -0.05) is 0 Å². The molecule has 0 unspecified atom stereocenters. The maximum absolute atomic E-state index is 12.6. The molecule has 2 heterocycles. The van der Waals surface area contributed by atoms with Gasteiger partial charge in [-0.2, -0.15) is 0 Å². The first kappa shape index (κ1) is 12.2. The molecule has 0 bridgehead atoms. The summed E-state index contributed by atoms with van der Waals surface area (Å²) >= 11 is 0. The van der Waals surface area contributed by atoms with Crippen molar-refractivity contribution < 1.29 is 18.4 Å². The van der Waals surface area contributed by atoms with Crippen molar-refractivity contribution in [3.8, 4) is 0 Å². The van der Waals surface area contributed by atoms with Crippen molar-refractivity contribution in [3.05, 3.63) is 53.5 Å². The molecule has 0 saturated heterocycles. The number of carbonyl (C=O) groups excluding carboxylic acids is 2. The number of Topliss-reactive ketones (excluding diaryl/α,β-unsaturated/α-hetero) is 2. The molecule has 0 aliphatic carbocycles. The van der Waals surface area contributed by atoms with E-state index in [1.807, 2.05) is 0 Å². The lowest BCUT2D eigenvalue weighted by atomic mass is 10.1. The Hall–Kier alpha value is -2.30. The molecule has 2 rings (SSSR count). The maximum Gasteiger partial charge on any atom is 0.188 e. The number of pyridine rings is 1. The van der Waals surface area contributed by atoms with Gasteiger partial charge in [-0.15, -0.1) is 0 Å². The van der Waals surface area contributed by atoms with Crippen molar-refractivity contribution in [2.24, 2.45) is 0 Å². The molecule has 0 aliphatic rings. The Bertz CT molecular complexity index is 587. The number of hydrogen-bond acceptors (Lipinski definition) is 4. The molecule has 0 spiro atoms. The van der Waals surface area contributed by atoms with Gasteiger partial charge in [0.1, 0.15) is 17.3 Å². The third-order valence-electron chi connectivity index (χ3n) is 2.49. The summed E-state index contributed by atoms with van der Waals surface area (Å²) in [5.74, 6) is -0.832. The zero-order valence-corrected chi connectivity index (χ0v) is 9.64. The molecule has 0 fully saturated rings. The summed E-state index contributed by atoms with van der Waals surface area (Å²) in [6, 6.07) is 3.91. The number of aryl methyl sites for hydroxylation is 1. The monoisotopic (exact) mass is 247 g/mol. The van der Waals surface area contributed by atoms with Gasteiger partial charge < -0.3 is 4.42 Å². The second-order valence-electron chi connectivity index (χ2n) is 3.78. The quantitative estimate of drug-likeness (QED) is 0.615. The van der Waals surface area contributed by atoms with Gasteiger partial charge in [0.15, 0.2) is 11.6 Å². The smallest absolute Gasteiger partial charge is 0.188 e. The molecule has 2 aromatic rings. The molecule has 92 valence electrons. The summed E-state index contributed by atoms with van der Waals surface area (Å²) in [6.07, 6.45) is 2.03. The Morgan fingerprint density at radius 2 is 2.06 bits per heavy atom. The van der Waals surface area contributed by atoms with E-state index in [1.54, 1.807) is 6.92 Å². The molecular weight excluding hydrogens is 237 g/mol. The van der Waals surface area contributed by atoms with Crippen molar-refractivity contribution in [2.75, 3.05) is 0 Å². The average molecular weight is 247 g/mol. The summed E-state index contributed by atoms with van der Waals surface area (Å²) in [5.41, 5.74) is 0.455. The normalized spacial score (nSPS) is 10.3. The van der Waals surface area contributed by atoms with Crippen LogP contribution >= 0.6 is 0 Å². The Kier molecular flexibility index (Phi) is 3.32. The minimum atomic E-state index is -0.524. The van der Waals surface area contributed by atoms with Crippen molar-refractivity contribution in [3.63, 3.8) is 0 Å². The summed E-state index contributed by atoms with van der Waals surface area (Å²) in [4.78, 5) is 27.2. The van der Waals surface area contributed by atoms with Crippen molar-refractivity contribution in [1.82, 2.24) is 4.98 Å². The fraction of sp³-hybridized carbons (Fsp3) is 0.154. The molecule has 18 heavy (non-hydrogen) atoms. The second-order valence-corrected chi connectivity index (χ2v) is 3.78. The largest absolute Gasteiger partial charge is 0.469 e. The van der Waals surface area contributed by atoms with Crippen LogP contribution in [-0.4, -0.2) is 16.6 Å². The van der Waals surface area contributed by atoms with E-state index in [-0.39, 0.29) is 17.9 Å². The van der Waals surface area contributed by atoms with E-state index in [9.17, 15) is 14.0 Å². The van der Waals surface area contributed by atoms with E-state index in [4.69, 9.17) is 4.42 Å². The van der Waals surface area contributed by atoms with Crippen molar-refractivity contribution in [2.45, 2.75) is 13.3 Å². The fourth-order valence-corrected chi connectivity index (χ4v) is 1.55. The highest BCUT2D eigenvalue weighted by Gasteiger charge is 2.17. The number of furan rings is 1. The van der Waals surface area contributed by atoms with Crippen molar-refractivity contribution >= 4 is 11.6 Å². The van der Waals surface area contributed by atoms with Crippen molar-refractivity contribution in [1.29, 1.82) is 0 Å². The third kappa shape index (κ3) is 2.51. The predicted molar refractivity (Wildman–Crippen MR) is 60.9 cm³/mol. The molecule has 0 aliphatic heterocycles. The van der Waals surface area contributed by atoms with Gasteiger partial charge in [0, 0.05) is 0 Å². The predicted octanol–water partition coefficient (Wildman–Crippen LogP) is 2.58. The van der Waals surface area contributed by atoms with Crippen LogP contribution in [0.5, 0.6) is 0 Å². The number of aromatic nitrogens is 1. The Morgan fingerprint density at radius 1 is 1.28 bits per heavy atom. The highest BCUT2D eigenvalue weighted by atomic mass is 19.1. The minimum Gasteiger partial charge on any atom is -0.469 e. The average Bonchev–Trinajstić information content (AvgIpc) is 2.76. The first-order chi connectivity index (χ1) is 8.58. The molecule has 4 nitrogen and oxygen atoms in total. The van der Waals surface area contributed by atoms with Crippen LogP contribution in [0.3, 0.4) is 0 Å². The van der Waals surface area contributed by atoms with E-state index < -0.39 is 11.6 Å². The zero-order chi connectivity index (χ0) is 13.1. The van der Waals surface area contributed by atoms with Crippen LogP contribution in [0.25, 0.3) is 0 Å². The van der Waals surface area contributed by atoms with Gasteiger partial charge in [-0.05, 0) is 25.1 Å². The van der Waals surface area contributed by atoms with E-state index in [1.165, 1.54) is 18.4 Å². The van der Waals surface area contributed by atoms with Gasteiger partial charge >= 0.3 is 0 Å². The standard InChI is InChI=1S/C13H10FNO3/c1-8-10(4-5-18-8)12(16)6-13(17)11-3-2-9(14)7-15-11/h2-5,7H,6H2,1H3. The Morgan fingerprint density at radius 3 is 2.61 bits per heavy atom. The number of halogens is 1. The van der Waals surface area contributed by atoms with Crippen LogP contribution < -0.4 is 0 Å². The third-order valence-corrected chi connectivity index (χ3v) is 2.49. The first-order valence-corrected chi connectivity index (χ1v) is 5.30. The van der Waals surface area contributed by atoms with Gasteiger partial charge in [0.2, 0.25) is 0 Å². The fourth-order valence-electron chi connectivity index (χ4n) is 1.55. The molecule has 0 amide bonds. The number of ketones is 2. The van der Waals surface area contributed by atoms with Crippen LogP contribution in [-0.2, 0) is 0 Å². The molecular formula is C13H10FNO3. The first-order valence-electron chi connectivity index (χ1n) is 5.30. The van der Waals surface area contributed by atoms with E-state index in [0.717, 1.165) is 12.3 Å². The SMILES string of the molecule is Cc1occc1C(=O)CC(=O)c1ccc(F)cn1. The topological polar surface area (TPSA) is 60.2 Å². The highest BCUT2D eigenvalue weighted by Crippen LogP contribution is 2.13. The lowest BCUT2D eigenvalue weighted by molar-refractivity contribution is 0.0891. The van der Waals surface area contributed by atoms with Crippen LogP contribution in [0.1, 0.15) is 33.0 Å². The second kappa shape index (κ2) is 4.91. The summed E-state index contributed by atoms with van der Waals surface area (Å²) in [6.45, 7) is 1.65. The Labute approximate surface area is 102 Å². The molecule has 0 atom stereocenters. The molecule has 0 N–H and O–H groups in total. The zero-order valence-electron chi connectivity index (χ0n) is 9.64. The lowest BCUT2D eigenvalue weighted by Gasteiger charge is -1.99. The molecule has 0 saturated carbocycles. The van der Waals surface area contributed by atoms with Gasteiger partial charge in [0.05, 0.1) is 24.4 Å². The van der Waals surface area contributed by atoms with Gasteiger partial charge in [-0.25, -0.2) is 4.39 Å². The molecule has 0 aromatic carbocycles. The summed E-state index contributed by atoms with van der Waals surface area (Å²) in [7, 11) is 0. The van der Waals surface area contributed by atoms with E-state index >= 15 is 0 Å². The number of carbonyl (C=O) groups is 2. The highest BCUT2D eigenvalue weighted by molar-refractivity contribution is 6.13. The van der Waals surface area contributed by atoms with Crippen LogP contribution in [0.4, 0.5) is 4.39 Å². The van der Waals surface area contributed by atoms with Gasteiger partial charge in [0.25, 0.3) is 0 Å². The summed E-state index contributed by atoms with van der Waals surface area (Å²) < 4.78 is 17.6. The summed E-state index contributed by atoms with van der Waals surface area (Å²) in [5, 5.41) is 0. The van der Waals surface area contributed by atoms with E-state index in [2.05, 4.69) is 4.98 Å². The van der Waals surface area contributed by atoms with E-state index in [0.29, 0.717) is 11.3 Å². The van der Waals surface area contributed by atoms with Crippen LogP contribution in [0.15, 0.2) is 35.1 Å². The molecule has 2 aromatic heterocycles. The van der Waals surface area contributed by atoms with Crippen LogP contribution in [0, 0.1) is 12.7 Å². The van der Waals surface area contributed by atoms with Crippen LogP contribution in [0.2, 0.25) is 0 Å².